The van der Waals surface area contributed by atoms with Crippen LogP contribution in [0.1, 0.15) is 24.5 Å². The first kappa shape index (κ1) is 18.7. The van der Waals surface area contributed by atoms with Crippen molar-refractivity contribution in [3.8, 4) is 0 Å². The van der Waals surface area contributed by atoms with Crippen molar-refractivity contribution in [3.05, 3.63) is 70.0 Å². The van der Waals surface area contributed by atoms with Crippen LogP contribution >= 0.6 is 11.8 Å². The highest BCUT2D eigenvalue weighted by molar-refractivity contribution is 7.98. The first-order chi connectivity index (χ1) is 12.7. The number of ether oxygens (including phenoxy) is 1. The molecule has 136 valence electrons. The maximum absolute atomic E-state index is 12.9. The molecule has 1 aromatic heterocycles. The highest BCUT2D eigenvalue weighted by Gasteiger charge is 2.11. The van der Waals surface area contributed by atoms with E-state index in [2.05, 4.69) is 31.2 Å². The van der Waals surface area contributed by atoms with Crippen molar-refractivity contribution in [1.29, 1.82) is 0 Å². The van der Waals surface area contributed by atoms with Gasteiger partial charge >= 0.3 is 0 Å². The Labute approximate surface area is 158 Å². The smallest absolute Gasteiger partial charge is 0.262 e. The fourth-order valence-corrected chi connectivity index (χ4v) is 3.84. The number of aromatic nitrogens is 2. The highest BCUT2D eigenvalue weighted by Crippen LogP contribution is 2.22. The number of hydrogen-bond acceptors (Lipinski definition) is 4. The minimum absolute atomic E-state index is 0.0267. The number of benzene rings is 2. The van der Waals surface area contributed by atoms with Crippen molar-refractivity contribution >= 4 is 22.7 Å². The van der Waals surface area contributed by atoms with Crippen LogP contribution in [-0.4, -0.2) is 22.8 Å². The molecular formula is C21H24N2O2S. The van der Waals surface area contributed by atoms with Crippen molar-refractivity contribution in [3.63, 3.8) is 0 Å². The summed E-state index contributed by atoms with van der Waals surface area (Å²) in [5.41, 5.74) is 3.26. The Hall–Kier alpha value is -2.11. The molecule has 0 atom stereocenters. The number of aryl methyl sites for hydroxylation is 1. The molecule has 0 amide bonds. The van der Waals surface area contributed by atoms with Gasteiger partial charge in [0.1, 0.15) is 0 Å². The van der Waals surface area contributed by atoms with E-state index >= 15 is 0 Å². The third-order valence-corrected chi connectivity index (χ3v) is 5.20. The van der Waals surface area contributed by atoms with Gasteiger partial charge in [-0.05, 0) is 38.0 Å². The summed E-state index contributed by atoms with van der Waals surface area (Å²) >= 11 is 1.61. The first-order valence-corrected chi connectivity index (χ1v) is 9.93. The van der Waals surface area contributed by atoms with E-state index in [0.717, 1.165) is 22.8 Å². The summed E-state index contributed by atoms with van der Waals surface area (Å²) in [6.45, 7) is 6.03. The summed E-state index contributed by atoms with van der Waals surface area (Å²) in [7, 11) is 0. The Bertz CT molecular complexity index is 937. The first-order valence-electron chi connectivity index (χ1n) is 8.94. The summed E-state index contributed by atoms with van der Waals surface area (Å²) in [4.78, 5) is 17.7. The second-order valence-electron chi connectivity index (χ2n) is 6.20. The number of thioether (sulfide) groups is 1. The molecule has 0 aliphatic carbocycles. The number of fused-ring (bicyclic) bond motifs is 1. The monoisotopic (exact) mass is 368 g/mol. The molecule has 0 saturated carbocycles. The molecule has 3 aromatic rings. The molecule has 0 aliphatic heterocycles. The molecule has 0 fully saturated rings. The van der Waals surface area contributed by atoms with E-state index in [4.69, 9.17) is 9.72 Å². The molecule has 3 rings (SSSR count). The van der Waals surface area contributed by atoms with Crippen LogP contribution in [0.15, 0.2) is 58.5 Å². The van der Waals surface area contributed by atoms with Crippen LogP contribution in [-0.2, 0) is 17.0 Å². The van der Waals surface area contributed by atoms with Crippen LogP contribution in [0.25, 0.3) is 10.9 Å². The predicted octanol–water partition coefficient (Wildman–Crippen LogP) is 4.42. The number of rotatable bonds is 8. The lowest BCUT2D eigenvalue weighted by atomic mass is 10.2. The second-order valence-corrected chi connectivity index (χ2v) is 7.14. The second kappa shape index (κ2) is 9.01. The standard InChI is InChI=1S/C21H24N2O2S/c1-3-25-13-7-12-23-20(24)18-10-4-5-11-19(18)22-21(23)26-15-17-9-6-8-16(2)14-17/h4-6,8-11,14H,3,7,12-13,15H2,1-2H3. The van der Waals surface area contributed by atoms with Gasteiger partial charge in [0, 0.05) is 25.5 Å². The zero-order chi connectivity index (χ0) is 18.4. The largest absolute Gasteiger partial charge is 0.382 e. The van der Waals surface area contributed by atoms with Gasteiger partial charge in [0.2, 0.25) is 0 Å². The third-order valence-electron chi connectivity index (χ3n) is 4.15. The maximum atomic E-state index is 12.9. The number of nitrogens with zero attached hydrogens (tertiary/aromatic N) is 2. The van der Waals surface area contributed by atoms with Gasteiger partial charge in [-0.1, -0.05) is 53.7 Å². The molecule has 1 heterocycles. The van der Waals surface area contributed by atoms with Gasteiger partial charge in [0.25, 0.3) is 5.56 Å². The molecule has 0 saturated heterocycles. The average molecular weight is 369 g/mol. The van der Waals surface area contributed by atoms with E-state index in [1.165, 1.54) is 11.1 Å². The van der Waals surface area contributed by atoms with Crippen LogP contribution in [0, 0.1) is 6.92 Å². The molecule has 0 spiro atoms. The zero-order valence-corrected chi connectivity index (χ0v) is 16.1. The molecule has 0 radical (unpaired) electrons. The van der Waals surface area contributed by atoms with Crippen LogP contribution in [0.2, 0.25) is 0 Å². The van der Waals surface area contributed by atoms with Crippen molar-refractivity contribution < 1.29 is 4.74 Å². The molecule has 2 aromatic carbocycles. The minimum atomic E-state index is 0.0267. The van der Waals surface area contributed by atoms with E-state index in [-0.39, 0.29) is 5.56 Å². The lowest BCUT2D eigenvalue weighted by Crippen LogP contribution is -2.24. The maximum Gasteiger partial charge on any atom is 0.262 e. The minimum Gasteiger partial charge on any atom is -0.382 e. The Balaban J connectivity index is 1.89. The van der Waals surface area contributed by atoms with E-state index in [9.17, 15) is 4.79 Å². The molecular weight excluding hydrogens is 344 g/mol. The summed E-state index contributed by atoms with van der Waals surface area (Å²) < 4.78 is 7.22. The van der Waals surface area contributed by atoms with E-state index in [0.29, 0.717) is 25.1 Å². The van der Waals surface area contributed by atoms with E-state index in [1.807, 2.05) is 31.2 Å². The van der Waals surface area contributed by atoms with Crippen LogP contribution in [0.5, 0.6) is 0 Å². The molecule has 0 bridgehead atoms. The van der Waals surface area contributed by atoms with Gasteiger partial charge in [-0.15, -0.1) is 0 Å². The molecule has 4 nitrogen and oxygen atoms in total. The summed E-state index contributed by atoms with van der Waals surface area (Å²) in [5, 5.41) is 1.44. The molecule has 0 unspecified atom stereocenters. The summed E-state index contributed by atoms with van der Waals surface area (Å²) in [5.74, 6) is 0.790. The van der Waals surface area contributed by atoms with Crippen molar-refractivity contribution in [2.45, 2.75) is 37.7 Å². The number of para-hydroxylation sites is 1. The fourth-order valence-electron chi connectivity index (χ4n) is 2.87. The van der Waals surface area contributed by atoms with Gasteiger partial charge in [0.05, 0.1) is 10.9 Å². The molecule has 0 N–H and O–H groups in total. The Morgan fingerprint density at radius 1 is 1.15 bits per heavy atom. The van der Waals surface area contributed by atoms with Gasteiger partial charge in [-0.3, -0.25) is 9.36 Å². The zero-order valence-electron chi connectivity index (χ0n) is 15.3. The Kier molecular flexibility index (Phi) is 6.47. The van der Waals surface area contributed by atoms with Gasteiger partial charge in [-0.25, -0.2) is 4.98 Å². The van der Waals surface area contributed by atoms with Crippen molar-refractivity contribution in [2.75, 3.05) is 13.2 Å². The summed E-state index contributed by atoms with van der Waals surface area (Å²) in [6, 6.07) is 16.0. The molecule has 0 aliphatic rings. The molecule has 5 heteroatoms. The van der Waals surface area contributed by atoms with E-state index in [1.54, 1.807) is 16.3 Å². The third kappa shape index (κ3) is 4.54. The SMILES string of the molecule is CCOCCCn1c(SCc2cccc(C)c2)nc2ccccc2c1=O. The van der Waals surface area contributed by atoms with Gasteiger partial charge in [0.15, 0.2) is 5.16 Å². The highest BCUT2D eigenvalue weighted by atomic mass is 32.2. The molecule has 26 heavy (non-hydrogen) atoms. The number of hydrogen-bond donors (Lipinski definition) is 0. The predicted molar refractivity (Wildman–Crippen MR) is 108 cm³/mol. The lowest BCUT2D eigenvalue weighted by Gasteiger charge is -2.13. The summed E-state index contributed by atoms with van der Waals surface area (Å²) in [6.07, 6.45) is 0.797. The van der Waals surface area contributed by atoms with Gasteiger partial charge < -0.3 is 4.74 Å². The Morgan fingerprint density at radius 2 is 2.00 bits per heavy atom. The Morgan fingerprint density at radius 3 is 2.81 bits per heavy atom. The van der Waals surface area contributed by atoms with Crippen LogP contribution < -0.4 is 5.56 Å². The van der Waals surface area contributed by atoms with E-state index < -0.39 is 0 Å². The average Bonchev–Trinajstić information content (AvgIpc) is 2.65. The van der Waals surface area contributed by atoms with Crippen LogP contribution in [0.4, 0.5) is 0 Å². The van der Waals surface area contributed by atoms with Crippen molar-refractivity contribution in [2.24, 2.45) is 0 Å². The van der Waals surface area contributed by atoms with Crippen molar-refractivity contribution in [1.82, 2.24) is 9.55 Å². The topological polar surface area (TPSA) is 44.1 Å². The fraction of sp³-hybridized carbons (Fsp3) is 0.333. The normalized spacial score (nSPS) is 11.2. The lowest BCUT2D eigenvalue weighted by molar-refractivity contribution is 0.140. The quantitative estimate of drug-likeness (QED) is 0.335. The van der Waals surface area contributed by atoms with Crippen LogP contribution in [0.3, 0.4) is 0 Å². The van der Waals surface area contributed by atoms with Gasteiger partial charge in [-0.2, -0.15) is 0 Å².